The summed E-state index contributed by atoms with van der Waals surface area (Å²) in [6.07, 6.45) is 2.53. The van der Waals surface area contributed by atoms with Crippen LogP contribution in [0.1, 0.15) is 12.8 Å². The van der Waals surface area contributed by atoms with Crippen LogP contribution in [-0.4, -0.2) is 10.5 Å². The third-order valence-corrected chi connectivity index (χ3v) is 10.7. The van der Waals surface area contributed by atoms with E-state index in [0.29, 0.717) is 41.3 Å². The monoisotopic (exact) mass is 318 g/mol. The average molecular weight is 318 g/mol. The van der Waals surface area contributed by atoms with Gasteiger partial charge in [0.1, 0.15) is 0 Å². The molecule has 7 aliphatic rings. The van der Waals surface area contributed by atoms with Crippen LogP contribution in [0.5, 0.6) is 0 Å². The van der Waals surface area contributed by atoms with Gasteiger partial charge in [0.2, 0.25) is 0 Å². The molecule has 1 aliphatic heterocycles. The van der Waals surface area contributed by atoms with E-state index >= 15 is 0 Å². The molecule has 0 radical (unpaired) electrons. The molecular weight excluding hydrogens is 304 g/mol. The van der Waals surface area contributed by atoms with Crippen LogP contribution in [-0.2, 0) is 0 Å². The first kappa shape index (κ1) is 12.7. The number of hydrogen-bond acceptors (Lipinski definition) is 5. The Labute approximate surface area is 139 Å². The molecule has 1 heterocycles. The van der Waals surface area contributed by atoms with Gasteiger partial charge in [0.05, 0.1) is 29.0 Å². The van der Waals surface area contributed by atoms with Gasteiger partial charge in [-0.15, -0.1) is 11.8 Å². The lowest BCUT2D eigenvalue weighted by molar-refractivity contribution is -0.190. The van der Waals surface area contributed by atoms with Gasteiger partial charge < -0.3 is 0 Å². The van der Waals surface area contributed by atoms with Crippen LogP contribution in [0.15, 0.2) is 0 Å². The number of hydrogen-bond donors (Lipinski definition) is 0. The van der Waals surface area contributed by atoms with Crippen LogP contribution in [0.2, 0.25) is 0 Å². The van der Waals surface area contributed by atoms with E-state index in [2.05, 4.69) is 24.3 Å². The van der Waals surface area contributed by atoms with Crippen LogP contribution in [0.4, 0.5) is 0 Å². The Morgan fingerprint density at radius 1 is 0.783 bits per heavy atom. The molecular formula is C18H14N4S. The van der Waals surface area contributed by atoms with Gasteiger partial charge in [-0.25, -0.2) is 0 Å². The summed E-state index contributed by atoms with van der Waals surface area (Å²) in [6.45, 7) is 0. The fourth-order valence-corrected chi connectivity index (χ4v) is 10.9. The van der Waals surface area contributed by atoms with Crippen molar-refractivity contribution in [2.45, 2.75) is 17.6 Å². The van der Waals surface area contributed by atoms with Gasteiger partial charge in [-0.1, -0.05) is 0 Å². The molecule has 6 aliphatic carbocycles. The molecule has 0 aromatic heterocycles. The molecule has 112 valence electrons. The van der Waals surface area contributed by atoms with Crippen molar-refractivity contribution in [2.75, 3.05) is 5.75 Å². The van der Waals surface area contributed by atoms with E-state index in [1.54, 1.807) is 11.8 Å². The van der Waals surface area contributed by atoms with E-state index in [-0.39, 0.29) is 0 Å². The van der Waals surface area contributed by atoms with Crippen LogP contribution in [0.25, 0.3) is 0 Å². The molecule has 4 nitrogen and oxygen atoms in total. The number of nitrogens with zero attached hydrogens (tertiary/aromatic N) is 4. The van der Waals surface area contributed by atoms with Gasteiger partial charge in [0.15, 0.2) is 10.8 Å². The topological polar surface area (TPSA) is 95.2 Å². The Morgan fingerprint density at radius 2 is 1.48 bits per heavy atom. The molecule has 6 saturated carbocycles. The van der Waals surface area contributed by atoms with Crippen molar-refractivity contribution >= 4 is 11.8 Å². The van der Waals surface area contributed by atoms with Crippen molar-refractivity contribution in [3.8, 4) is 24.3 Å². The Morgan fingerprint density at radius 3 is 2.13 bits per heavy atom. The van der Waals surface area contributed by atoms with Gasteiger partial charge in [0.25, 0.3) is 0 Å². The van der Waals surface area contributed by atoms with E-state index in [9.17, 15) is 21.0 Å². The summed E-state index contributed by atoms with van der Waals surface area (Å²) < 4.78 is -0.452. The lowest BCUT2D eigenvalue weighted by Gasteiger charge is -2.68. The molecule has 0 aromatic carbocycles. The molecule has 1 spiro atoms. The zero-order valence-corrected chi connectivity index (χ0v) is 13.3. The third kappa shape index (κ3) is 0.817. The van der Waals surface area contributed by atoms with Crippen molar-refractivity contribution in [1.29, 1.82) is 21.0 Å². The first-order chi connectivity index (χ1) is 11.2. The maximum atomic E-state index is 10.1. The van der Waals surface area contributed by atoms with Crippen molar-refractivity contribution in [2.24, 2.45) is 58.2 Å². The highest BCUT2D eigenvalue weighted by molar-refractivity contribution is 8.01. The van der Waals surface area contributed by atoms with E-state index < -0.39 is 15.6 Å². The lowest BCUT2D eigenvalue weighted by atomic mass is 9.36. The Balaban J connectivity index is 1.65. The summed E-state index contributed by atoms with van der Waals surface area (Å²) in [5, 5.41) is 39.7. The summed E-state index contributed by atoms with van der Waals surface area (Å²) in [5.41, 5.74) is -2.93. The van der Waals surface area contributed by atoms with E-state index in [1.165, 1.54) is 12.8 Å². The Hall–Kier alpha value is -1.69. The van der Waals surface area contributed by atoms with Crippen molar-refractivity contribution in [3.05, 3.63) is 0 Å². The Bertz CT molecular complexity index is 803. The summed E-state index contributed by atoms with van der Waals surface area (Å²) in [7, 11) is 0. The van der Waals surface area contributed by atoms with Gasteiger partial charge in [0, 0.05) is 5.75 Å². The third-order valence-electron chi connectivity index (χ3n) is 8.78. The Kier molecular flexibility index (Phi) is 1.79. The molecule has 9 atom stereocenters. The quantitative estimate of drug-likeness (QED) is 0.683. The fraction of sp³-hybridized carbons (Fsp3) is 0.778. The predicted molar refractivity (Wildman–Crippen MR) is 79.7 cm³/mol. The average Bonchev–Trinajstić information content (AvgIpc) is 2.91. The molecule has 7 fully saturated rings. The molecule has 9 unspecified atom stereocenters. The standard InChI is InChI=1S/C18H14N4S/c19-3-16(4-20)7-23-18(17(16,5-21)6-22)14-8-1-9-11-10(2-8)15(18)13(11)12(9)14/h8-15H,1-2,7H2. The molecule has 0 N–H and O–H groups in total. The van der Waals surface area contributed by atoms with Gasteiger partial charge >= 0.3 is 0 Å². The predicted octanol–water partition coefficient (Wildman–Crippen LogP) is 2.32. The lowest BCUT2D eigenvalue weighted by Crippen LogP contribution is -2.68. The highest BCUT2D eigenvalue weighted by atomic mass is 32.2. The molecule has 7 rings (SSSR count). The van der Waals surface area contributed by atoms with E-state index in [4.69, 9.17) is 0 Å². The number of nitriles is 4. The van der Waals surface area contributed by atoms with Crippen molar-refractivity contribution in [3.63, 3.8) is 0 Å². The first-order valence-electron chi connectivity index (χ1n) is 8.45. The zero-order chi connectivity index (χ0) is 15.8. The largest absolute Gasteiger partial charge is 0.196 e. The summed E-state index contributed by atoms with van der Waals surface area (Å²) >= 11 is 1.66. The summed E-state index contributed by atoms with van der Waals surface area (Å²) in [5.74, 6) is 5.41. The summed E-state index contributed by atoms with van der Waals surface area (Å²) in [6, 6.07) is 8.79. The highest BCUT2D eigenvalue weighted by Gasteiger charge is 2.92. The molecule has 0 amide bonds. The minimum Gasteiger partial charge on any atom is -0.196 e. The minimum atomic E-state index is -1.47. The normalized spacial score (nSPS) is 59.3. The SMILES string of the molecule is N#CC1(C#N)CSC2(C3C4CC5C6C(C4)C2C6C53)C1(C#N)C#N. The van der Waals surface area contributed by atoms with Crippen LogP contribution < -0.4 is 0 Å². The maximum absolute atomic E-state index is 10.1. The van der Waals surface area contributed by atoms with Crippen molar-refractivity contribution in [1.82, 2.24) is 0 Å². The molecule has 1 saturated heterocycles. The molecule has 0 aromatic rings. The fourth-order valence-electron chi connectivity index (χ4n) is 8.51. The van der Waals surface area contributed by atoms with Crippen LogP contribution in [0.3, 0.4) is 0 Å². The highest BCUT2D eigenvalue weighted by Crippen LogP contribution is 2.92. The first-order valence-corrected chi connectivity index (χ1v) is 9.44. The van der Waals surface area contributed by atoms with Crippen LogP contribution in [0, 0.1) is 103 Å². The molecule has 23 heavy (non-hydrogen) atoms. The molecule has 5 bridgehead atoms. The van der Waals surface area contributed by atoms with Crippen molar-refractivity contribution < 1.29 is 0 Å². The second-order valence-electron chi connectivity index (χ2n) is 8.53. The van der Waals surface area contributed by atoms with Crippen LogP contribution >= 0.6 is 11.8 Å². The van der Waals surface area contributed by atoms with E-state index in [0.717, 1.165) is 11.8 Å². The number of rotatable bonds is 0. The van der Waals surface area contributed by atoms with Gasteiger partial charge in [-0.3, -0.25) is 0 Å². The smallest absolute Gasteiger partial charge is 0.191 e. The minimum absolute atomic E-state index is 0.322. The second kappa shape index (κ2) is 3.24. The molecule has 5 heteroatoms. The zero-order valence-electron chi connectivity index (χ0n) is 12.4. The maximum Gasteiger partial charge on any atom is 0.191 e. The second-order valence-corrected chi connectivity index (χ2v) is 9.78. The van der Waals surface area contributed by atoms with Gasteiger partial charge in [-0.05, 0) is 60.2 Å². The summed E-state index contributed by atoms with van der Waals surface area (Å²) in [4.78, 5) is 0. The van der Waals surface area contributed by atoms with E-state index in [1.807, 2.05) is 0 Å². The number of thioether (sulfide) groups is 1. The van der Waals surface area contributed by atoms with Gasteiger partial charge in [-0.2, -0.15) is 21.0 Å².